The Bertz CT molecular complexity index is 424. The Balaban J connectivity index is 3.40. The second-order valence-corrected chi connectivity index (χ2v) is 3.25. The van der Waals surface area contributed by atoms with Crippen molar-refractivity contribution in [2.45, 2.75) is 0 Å². The molecule has 0 aromatic heterocycles. The van der Waals surface area contributed by atoms with Gasteiger partial charge in [-0.05, 0) is 6.07 Å². The van der Waals surface area contributed by atoms with Crippen LogP contribution in [-0.2, 0) is 0 Å². The fourth-order valence-corrected chi connectivity index (χ4v) is 1.35. The van der Waals surface area contributed by atoms with Crippen LogP contribution in [0, 0.1) is 10.1 Å². The van der Waals surface area contributed by atoms with Crippen LogP contribution in [0.15, 0.2) is 24.3 Å². The van der Waals surface area contributed by atoms with Crippen molar-refractivity contribution >= 4 is 30.4 Å². The molecule has 1 aromatic rings. The van der Waals surface area contributed by atoms with Gasteiger partial charge in [-0.1, -0.05) is 18.2 Å². The first-order valence-electron chi connectivity index (χ1n) is 4.36. The first-order valence-corrected chi connectivity index (χ1v) is 4.99. The molecule has 1 rings (SSSR count). The summed E-state index contributed by atoms with van der Waals surface area (Å²) in [6.07, 6.45) is 2.95. The molecule has 0 spiro atoms. The van der Waals surface area contributed by atoms with Crippen LogP contribution in [0.25, 0.3) is 6.08 Å². The minimum Gasteiger partial charge on any atom is -0.478 e. The molecule has 0 bridgehead atoms. The third kappa shape index (κ3) is 2.60. The van der Waals surface area contributed by atoms with Gasteiger partial charge in [0.25, 0.3) is 5.69 Å². The molecule has 0 atom stereocenters. The Morgan fingerprint density at radius 3 is 2.75 bits per heavy atom. The Morgan fingerprint density at radius 1 is 1.56 bits per heavy atom. The third-order valence-corrected chi connectivity index (χ3v) is 2.11. The Morgan fingerprint density at radius 2 is 2.25 bits per heavy atom. The lowest BCUT2D eigenvalue weighted by Gasteiger charge is -2.01. The highest BCUT2D eigenvalue weighted by Gasteiger charge is 2.18. The maximum absolute atomic E-state index is 10.9. The average Bonchev–Trinajstić information content (AvgIpc) is 2.25. The molecule has 0 aliphatic rings. The minimum absolute atomic E-state index is 0.0905. The number of carboxylic acid groups (broad SMARTS) is 1. The second-order valence-electron chi connectivity index (χ2n) is 2.89. The highest BCUT2D eigenvalue weighted by molar-refractivity contribution is 7.80. The van der Waals surface area contributed by atoms with Crippen molar-refractivity contribution in [3.63, 3.8) is 0 Å². The topological polar surface area (TPSA) is 80.4 Å². The summed E-state index contributed by atoms with van der Waals surface area (Å²) in [5, 5.41) is 19.6. The smallest absolute Gasteiger partial charge is 0.336 e. The monoisotopic (exact) mass is 239 g/mol. The summed E-state index contributed by atoms with van der Waals surface area (Å²) in [4.78, 5) is 21.0. The number of carbonyl (C=O) groups is 1. The van der Waals surface area contributed by atoms with Crippen LogP contribution < -0.4 is 0 Å². The SMILES string of the molecule is O=C(O)c1cccc([N+](=O)[O-])c1C=CCS. The zero-order chi connectivity index (χ0) is 12.1. The molecule has 5 nitrogen and oxygen atoms in total. The Labute approximate surface area is 97.0 Å². The van der Waals surface area contributed by atoms with Gasteiger partial charge in [-0.3, -0.25) is 10.1 Å². The zero-order valence-electron chi connectivity index (χ0n) is 8.16. The van der Waals surface area contributed by atoms with Gasteiger partial charge in [0, 0.05) is 11.8 Å². The lowest BCUT2D eigenvalue weighted by atomic mass is 10.1. The number of carboxylic acids is 1. The molecule has 84 valence electrons. The molecular formula is C10H9NO4S. The number of hydrogen-bond donors (Lipinski definition) is 2. The first-order chi connectivity index (χ1) is 7.57. The Kier molecular flexibility index (Phi) is 4.07. The van der Waals surface area contributed by atoms with Crippen LogP contribution in [0.1, 0.15) is 15.9 Å². The summed E-state index contributed by atoms with van der Waals surface area (Å²) in [6.45, 7) is 0. The summed E-state index contributed by atoms with van der Waals surface area (Å²) in [5.41, 5.74) is -0.223. The van der Waals surface area contributed by atoms with E-state index in [1.807, 2.05) is 0 Å². The summed E-state index contributed by atoms with van der Waals surface area (Å²) in [7, 11) is 0. The molecule has 0 amide bonds. The fourth-order valence-electron chi connectivity index (χ4n) is 1.24. The molecule has 0 aliphatic carbocycles. The Hall–Kier alpha value is -1.82. The van der Waals surface area contributed by atoms with E-state index in [1.165, 1.54) is 24.3 Å². The van der Waals surface area contributed by atoms with E-state index < -0.39 is 10.9 Å². The number of nitro groups is 1. The predicted molar refractivity (Wildman–Crippen MR) is 62.9 cm³/mol. The summed E-state index contributed by atoms with van der Waals surface area (Å²) in [5.74, 6) is -0.812. The molecule has 1 N–H and O–H groups in total. The maximum Gasteiger partial charge on any atom is 0.336 e. The van der Waals surface area contributed by atoms with Crippen LogP contribution in [-0.4, -0.2) is 21.8 Å². The van der Waals surface area contributed by atoms with Gasteiger partial charge in [0.05, 0.1) is 16.1 Å². The summed E-state index contributed by atoms with van der Waals surface area (Å²) >= 11 is 3.92. The first kappa shape index (κ1) is 12.3. The van der Waals surface area contributed by atoms with Crippen molar-refractivity contribution in [3.8, 4) is 0 Å². The molecule has 0 saturated carbocycles. The van der Waals surface area contributed by atoms with E-state index in [0.29, 0.717) is 5.75 Å². The van der Waals surface area contributed by atoms with E-state index in [1.54, 1.807) is 6.08 Å². The van der Waals surface area contributed by atoms with Gasteiger partial charge in [0.2, 0.25) is 0 Å². The van der Waals surface area contributed by atoms with Crippen LogP contribution in [0.5, 0.6) is 0 Å². The van der Waals surface area contributed by atoms with E-state index in [9.17, 15) is 14.9 Å². The summed E-state index contributed by atoms with van der Waals surface area (Å²) in [6, 6.07) is 3.94. The number of nitrogens with zero attached hydrogens (tertiary/aromatic N) is 1. The van der Waals surface area contributed by atoms with Gasteiger partial charge >= 0.3 is 5.97 Å². The van der Waals surface area contributed by atoms with Crippen molar-refractivity contribution < 1.29 is 14.8 Å². The van der Waals surface area contributed by atoms with Crippen molar-refractivity contribution in [1.29, 1.82) is 0 Å². The van der Waals surface area contributed by atoms with Gasteiger partial charge in [-0.15, -0.1) is 0 Å². The number of thiol groups is 1. The number of benzene rings is 1. The van der Waals surface area contributed by atoms with Gasteiger partial charge in [-0.2, -0.15) is 12.6 Å². The van der Waals surface area contributed by atoms with Crippen LogP contribution >= 0.6 is 12.6 Å². The molecule has 16 heavy (non-hydrogen) atoms. The minimum atomic E-state index is -1.19. The molecule has 6 heteroatoms. The fraction of sp³-hybridized carbons (Fsp3) is 0.100. The highest BCUT2D eigenvalue weighted by atomic mass is 32.1. The molecule has 0 radical (unpaired) electrons. The molecule has 0 aliphatic heterocycles. The second kappa shape index (κ2) is 5.32. The van der Waals surface area contributed by atoms with Gasteiger partial charge in [0.15, 0.2) is 0 Å². The standard InChI is InChI=1S/C10H9NO4S/c12-10(13)8-3-1-5-9(11(14)15)7(8)4-2-6-16/h1-5,16H,6H2,(H,12,13). The van der Waals surface area contributed by atoms with Crippen LogP contribution in [0.2, 0.25) is 0 Å². The van der Waals surface area contributed by atoms with Crippen LogP contribution in [0.4, 0.5) is 5.69 Å². The van der Waals surface area contributed by atoms with Crippen molar-refractivity contribution in [2.75, 3.05) is 5.75 Å². The quantitative estimate of drug-likeness (QED) is 0.479. The van der Waals surface area contributed by atoms with E-state index in [0.717, 1.165) is 0 Å². The number of nitro benzene ring substituents is 1. The normalized spacial score (nSPS) is 10.6. The van der Waals surface area contributed by atoms with Crippen LogP contribution in [0.3, 0.4) is 0 Å². The third-order valence-electron chi connectivity index (χ3n) is 1.90. The van der Waals surface area contributed by atoms with E-state index in [2.05, 4.69) is 12.6 Å². The molecule has 0 fully saturated rings. The lowest BCUT2D eigenvalue weighted by molar-refractivity contribution is -0.385. The van der Waals surface area contributed by atoms with Crippen molar-refractivity contribution in [1.82, 2.24) is 0 Å². The van der Waals surface area contributed by atoms with E-state index in [4.69, 9.17) is 5.11 Å². The molecular weight excluding hydrogens is 230 g/mol. The average molecular weight is 239 g/mol. The number of hydrogen-bond acceptors (Lipinski definition) is 4. The molecule has 0 saturated heterocycles. The van der Waals surface area contributed by atoms with Crippen molar-refractivity contribution in [3.05, 3.63) is 45.5 Å². The van der Waals surface area contributed by atoms with Gasteiger partial charge in [-0.25, -0.2) is 4.79 Å². The van der Waals surface area contributed by atoms with E-state index in [-0.39, 0.29) is 16.8 Å². The number of rotatable bonds is 4. The lowest BCUT2D eigenvalue weighted by Crippen LogP contribution is -2.02. The number of aromatic carboxylic acids is 1. The van der Waals surface area contributed by atoms with E-state index >= 15 is 0 Å². The maximum atomic E-state index is 10.9. The summed E-state index contributed by atoms with van der Waals surface area (Å²) < 4.78 is 0. The molecule has 1 aromatic carbocycles. The molecule has 0 unspecified atom stereocenters. The largest absolute Gasteiger partial charge is 0.478 e. The van der Waals surface area contributed by atoms with Crippen molar-refractivity contribution in [2.24, 2.45) is 0 Å². The molecule has 0 heterocycles. The van der Waals surface area contributed by atoms with Gasteiger partial charge < -0.3 is 5.11 Å². The van der Waals surface area contributed by atoms with Gasteiger partial charge in [0.1, 0.15) is 0 Å². The predicted octanol–water partition coefficient (Wildman–Crippen LogP) is 2.24. The highest BCUT2D eigenvalue weighted by Crippen LogP contribution is 2.23. The zero-order valence-corrected chi connectivity index (χ0v) is 9.05.